The number of rotatable bonds is 1. The minimum Gasteiger partial charge on any atom is -0.618 e. The molecule has 3 heteroatoms. The molecule has 0 bridgehead atoms. The molecule has 0 aliphatic heterocycles. The van der Waals surface area contributed by atoms with Gasteiger partial charge in [0.2, 0.25) is 0 Å². The van der Waals surface area contributed by atoms with Gasteiger partial charge in [0.1, 0.15) is 0 Å². The van der Waals surface area contributed by atoms with E-state index < -0.39 is 0 Å². The molecule has 0 spiro atoms. The van der Waals surface area contributed by atoms with Crippen molar-refractivity contribution in [2.75, 3.05) is 0 Å². The largest absolute Gasteiger partial charge is 0.618 e. The third kappa shape index (κ3) is 2.44. The Hall–Kier alpha value is -0.258. The van der Waals surface area contributed by atoms with Gasteiger partial charge in [-0.3, -0.25) is 4.79 Å². The lowest BCUT2D eigenvalue weighted by Crippen LogP contribution is -2.00. The Labute approximate surface area is 50.9 Å². The van der Waals surface area contributed by atoms with Crippen molar-refractivity contribution in [1.82, 2.24) is 0 Å². The van der Waals surface area contributed by atoms with E-state index in [9.17, 15) is 4.79 Å². The molecule has 0 amide bonds. The fraction of sp³-hybridized carbons (Fsp3) is 0.250. The van der Waals surface area contributed by atoms with Crippen LogP contribution in [0.5, 0.6) is 0 Å². The molecule has 0 rings (SSSR count). The van der Waals surface area contributed by atoms with Crippen molar-refractivity contribution in [2.24, 2.45) is 0 Å². The fourth-order valence-corrected chi connectivity index (χ4v) is 0.523. The maximum absolute atomic E-state index is 10.2. The number of hydrogen-bond donors (Lipinski definition) is 0. The van der Waals surface area contributed by atoms with Crippen molar-refractivity contribution in [3.05, 3.63) is 12.2 Å². The quantitative estimate of drug-likeness (QED) is 0.344. The zero-order valence-electron chi connectivity index (χ0n) is 4.52. The first kappa shape index (κ1) is 6.74. The van der Waals surface area contributed by atoms with Gasteiger partial charge >= 0.3 is 16.6 Å². The van der Waals surface area contributed by atoms with Crippen LogP contribution in [0.1, 0.15) is 6.92 Å². The van der Waals surface area contributed by atoms with Gasteiger partial charge in [-0.2, -0.15) is 0 Å². The highest BCUT2D eigenvalue weighted by molar-refractivity contribution is 6.08. The molecule has 0 aromatic heterocycles. The van der Waals surface area contributed by atoms with Gasteiger partial charge in [-0.25, -0.2) is 0 Å². The van der Waals surface area contributed by atoms with Crippen LogP contribution >= 0.6 is 0 Å². The number of hydrogen-bond acceptors (Lipinski definition) is 2. The van der Waals surface area contributed by atoms with Crippen molar-refractivity contribution in [3.8, 4) is 0 Å². The van der Waals surface area contributed by atoms with E-state index >= 15 is 0 Å². The van der Waals surface area contributed by atoms with Crippen LogP contribution in [-0.2, 0) is 8.58 Å². The van der Waals surface area contributed by atoms with Gasteiger partial charge in [-0.05, 0) is 6.92 Å². The molecule has 0 aliphatic rings. The Bertz CT molecular complexity index is 97.9. The second-order valence-corrected chi connectivity index (χ2v) is 1.68. The van der Waals surface area contributed by atoms with Crippen LogP contribution < -0.4 is 0 Å². The molecule has 7 heavy (non-hydrogen) atoms. The van der Waals surface area contributed by atoms with E-state index in [4.69, 9.17) is 0 Å². The van der Waals surface area contributed by atoms with Crippen molar-refractivity contribution in [3.63, 3.8) is 0 Å². The topological polar surface area (TPSA) is 26.3 Å². The van der Waals surface area contributed by atoms with Crippen molar-refractivity contribution in [2.45, 2.75) is 6.92 Å². The maximum atomic E-state index is 10.2. The van der Waals surface area contributed by atoms with Crippen LogP contribution in [0.25, 0.3) is 0 Å². The first-order valence-corrected chi connectivity index (χ1v) is 2.74. The van der Waals surface area contributed by atoms with Crippen LogP contribution in [0.3, 0.4) is 0 Å². The highest BCUT2D eigenvalue weighted by atomic mass is 27.1. The van der Waals surface area contributed by atoms with E-state index in [1.54, 1.807) is 6.92 Å². The highest BCUT2D eigenvalue weighted by Gasteiger charge is 1.94. The summed E-state index contributed by atoms with van der Waals surface area (Å²) in [5.41, 5.74) is 0.468. The molecule has 0 aromatic carbocycles. The molecule has 0 saturated carbocycles. The minimum absolute atomic E-state index is 0.285. The van der Waals surface area contributed by atoms with Crippen molar-refractivity contribution < 1.29 is 8.58 Å². The summed E-state index contributed by atoms with van der Waals surface area (Å²) >= 11 is 0.460. The molecule has 0 N–H and O–H groups in total. The monoisotopic (exact) mass is 114 g/mol. The SMILES string of the molecule is C=C(C)C(=O)[O][AlH2]. The Morgan fingerprint density at radius 3 is 2.29 bits per heavy atom. The second-order valence-electron chi connectivity index (χ2n) is 1.27. The standard InChI is InChI=1S/C4H6O2.Al.2H/c1-3(2)4(5)6;;;/h1H2,2H3,(H,5,6);;;/q;+1;;/p-1. The Balaban J connectivity index is 3.58. The first-order valence-electron chi connectivity index (χ1n) is 1.92. The summed E-state index contributed by atoms with van der Waals surface area (Å²) < 4.78 is 4.41. The summed E-state index contributed by atoms with van der Waals surface area (Å²) in [6, 6.07) is 0. The van der Waals surface area contributed by atoms with E-state index in [2.05, 4.69) is 10.4 Å². The average Bonchev–Trinajstić information content (AvgIpc) is 1.65. The molecular formula is C4H7AlO2. The maximum Gasteiger partial charge on any atom is 0.499 e. The van der Waals surface area contributed by atoms with Crippen LogP contribution in [0.4, 0.5) is 0 Å². The van der Waals surface area contributed by atoms with Gasteiger partial charge in [0.05, 0.1) is 0 Å². The Morgan fingerprint density at radius 1 is 1.86 bits per heavy atom. The molecule has 2 nitrogen and oxygen atoms in total. The second kappa shape index (κ2) is 2.84. The Kier molecular flexibility index (Phi) is 2.74. The molecule has 0 aliphatic carbocycles. The van der Waals surface area contributed by atoms with Gasteiger partial charge in [0, 0.05) is 5.57 Å². The lowest BCUT2D eigenvalue weighted by atomic mass is 10.4. The van der Waals surface area contributed by atoms with E-state index in [-0.39, 0.29) is 5.97 Å². The average molecular weight is 114 g/mol. The zero-order valence-corrected chi connectivity index (χ0v) is 6.52. The Morgan fingerprint density at radius 2 is 2.29 bits per heavy atom. The molecule has 0 aromatic rings. The predicted octanol–water partition coefficient (Wildman–Crippen LogP) is -0.346. The molecule has 0 radical (unpaired) electrons. The van der Waals surface area contributed by atoms with Crippen LogP contribution in [0.15, 0.2) is 12.2 Å². The molecule has 0 atom stereocenters. The van der Waals surface area contributed by atoms with Crippen LogP contribution in [0.2, 0.25) is 0 Å². The van der Waals surface area contributed by atoms with Gasteiger partial charge in [-0.15, -0.1) is 0 Å². The van der Waals surface area contributed by atoms with E-state index in [0.29, 0.717) is 22.2 Å². The molecule has 0 saturated heterocycles. The lowest BCUT2D eigenvalue weighted by molar-refractivity contribution is -0.129. The summed E-state index contributed by atoms with van der Waals surface area (Å²) in [4.78, 5) is 10.2. The minimum atomic E-state index is -0.285. The third-order valence-corrected chi connectivity index (χ3v) is 0.905. The number of carbonyl (C=O) groups excluding carboxylic acids is 1. The van der Waals surface area contributed by atoms with E-state index in [1.165, 1.54) is 0 Å². The third-order valence-electron chi connectivity index (χ3n) is 0.534. The summed E-state index contributed by atoms with van der Waals surface area (Å²) in [6.45, 7) is 5.00. The zero-order chi connectivity index (χ0) is 5.86. The van der Waals surface area contributed by atoms with Gasteiger partial charge in [0.25, 0.3) is 5.97 Å². The summed E-state index contributed by atoms with van der Waals surface area (Å²) in [5.74, 6) is -0.285. The summed E-state index contributed by atoms with van der Waals surface area (Å²) in [6.07, 6.45) is 0. The normalized spacial score (nSPS) is 7.57. The molecule has 38 valence electrons. The van der Waals surface area contributed by atoms with Crippen molar-refractivity contribution >= 4 is 22.6 Å². The molecule has 0 unspecified atom stereocenters. The van der Waals surface area contributed by atoms with Gasteiger partial charge in [0.15, 0.2) is 0 Å². The van der Waals surface area contributed by atoms with Crippen LogP contribution in [0, 0.1) is 0 Å². The van der Waals surface area contributed by atoms with Crippen LogP contribution in [-0.4, -0.2) is 22.6 Å². The number of carbonyl (C=O) groups is 1. The molecule has 0 fully saturated rings. The smallest absolute Gasteiger partial charge is 0.499 e. The van der Waals surface area contributed by atoms with Gasteiger partial charge < -0.3 is 3.79 Å². The first-order chi connectivity index (χ1) is 3.18. The highest BCUT2D eigenvalue weighted by Crippen LogP contribution is 1.86. The molecular weight excluding hydrogens is 107 g/mol. The van der Waals surface area contributed by atoms with E-state index in [0.717, 1.165) is 0 Å². The van der Waals surface area contributed by atoms with Gasteiger partial charge in [-0.1, -0.05) is 6.58 Å². The fourth-order valence-electron chi connectivity index (χ4n) is 0.174. The summed E-state index contributed by atoms with van der Waals surface area (Å²) in [5, 5.41) is 0. The molecule has 0 heterocycles. The van der Waals surface area contributed by atoms with Crippen molar-refractivity contribution in [1.29, 1.82) is 0 Å². The van der Waals surface area contributed by atoms with E-state index in [1.807, 2.05) is 0 Å². The lowest BCUT2D eigenvalue weighted by Gasteiger charge is -1.94. The predicted molar refractivity (Wildman–Crippen MR) is 29.4 cm³/mol. The summed E-state index contributed by atoms with van der Waals surface area (Å²) in [7, 11) is 0.